The molecule has 1 aromatic rings. The van der Waals surface area contributed by atoms with E-state index < -0.39 is 0 Å². The Bertz CT molecular complexity index is 473. The Morgan fingerprint density at radius 3 is 3.00 bits per heavy atom. The van der Waals surface area contributed by atoms with Gasteiger partial charge in [-0.15, -0.1) is 0 Å². The molecule has 0 fully saturated rings. The highest BCUT2D eigenvalue weighted by Crippen LogP contribution is 2.32. The third kappa shape index (κ3) is 3.52. The number of halogens is 1. The maximum absolute atomic E-state index is 12.3. The fraction of sp³-hybridized carbons (Fsp3) is 0.533. The van der Waals surface area contributed by atoms with Crippen LogP contribution in [0.2, 0.25) is 0 Å². The second kappa shape index (κ2) is 7.09. The van der Waals surface area contributed by atoms with Crippen LogP contribution in [-0.2, 0) is 6.42 Å². The number of nitrogens with zero attached hydrogens (tertiary/aromatic N) is 1. The van der Waals surface area contributed by atoms with Gasteiger partial charge in [-0.05, 0) is 42.5 Å². The summed E-state index contributed by atoms with van der Waals surface area (Å²) in [5, 5.41) is 12.1. The molecule has 2 N–H and O–H groups in total. The summed E-state index contributed by atoms with van der Waals surface area (Å²) in [6.07, 6.45) is 2.83. The maximum atomic E-state index is 12.3. The lowest BCUT2D eigenvalue weighted by molar-refractivity contribution is 0.174. The van der Waals surface area contributed by atoms with Crippen molar-refractivity contribution in [2.45, 2.75) is 32.2 Å². The predicted molar refractivity (Wildman–Crippen MR) is 82.7 cm³/mol. The number of hydrogen-bond acceptors (Lipinski definition) is 2. The Morgan fingerprint density at radius 2 is 2.30 bits per heavy atom. The highest BCUT2D eigenvalue weighted by atomic mass is 79.9. The standard InChI is InChI=1S/C15H21BrN2O2/c1-2-7-18(8-9-19)15(20)17-14-6-3-11-10-12(16)4-5-13(11)14/h4-5,10,14,19H,2-3,6-9H2,1H3,(H,17,20). The predicted octanol–water partition coefficient (Wildman–Crippen LogP) is 2.85. The van der Waals surface area contributed by atoms with E-state index >= 15 is 0 Å². The van der Waals surface area contributed by atoms with E-state index in [4.69, 9.17) is 5.11 Å². The number of rotatable bonds is 5. The SMILES string of the molecule is CCCN(CCO)C(=O)NC1CCc2cc(Br)ccc21. The van der Waals surface area contributed by atoms with Crippen LogP contribution in [0.4, 0.5) is 4.79 Å². The van der Waals surface area contributed by atoms with Gasteiger partial charge < -0.3 is 15.3 Å². The van der Waals surface area contributed by atoms with Gasteiger partial charge in [0.25, 0.3) is 0 Å². The normalized spacial score (nSPS) is 16.9. The highest BCUT2D eigenvalue weighted by molar-refractivity contribution is 9.10. The van der Waals surface area contributed by atoms with Crippen LogP contribution in [0.25, 0.3) is 0 Å². The molecule has 5 heteroatoms. The molecule has 0 aliphatic heterocycles. The van der Waals surface area contributed by atoms with E-state index in [1.54, 1.807) is 4.90 Å². The number of fused-ring (bicyclic) bond motifs is 1. The Kier molecular flexibility index (Phi) is 5.43. The fourth-order valence-electron chi connectivity index (χ4n) is 2.68. The van der Waals surface area contributed by atoms with Crippen molar-refractivity contribution in [1.29, 1.82) is 0 Å². The molecule has 0 heterocycles. The van der Waals surface area contributed by atoms with Gasteiger partial charge in [-0.3, -0.25) is 0 Å². The summed E-state index contributed by atoms with van der Waals surface area (Å²) < 4.78 is 1.08. The largest absolute Gasteiger partial charge is 0.395 e. The zero-order chi connectivity index (χ0) is 14.5. The molecule has 1 aromatic carbocycles. The number of urea groups is 1. The molecule has 110 valence electrons. The Hall–Kier alpha value is -1.07. The fourth-order valence-corrected chi connectivity index (χ4v) is 3.09. The number of aliphatic hydroxyl groups excluding tert-OH is 1. The lowest BCUT2D eigenvalue weighted by atomic mass is 10.1. The molecule has 0 saturated carbocycles. The minimum absolute atomic E-state index is 0.00161. The third-order valence-electron chi connectivity index (χ3n) is 3.63. The minimum atomic E-state index is -0.0818. The van der Waals surface area contributed by atoms with Crippen LogP contribution in [0, 0.1) is 0 Å². The lowest BCUT2D eigenvalue weighted by Crippen LogP contribution is -2.43. The van der Waals surface area contributed by atoms with E-state index in [1.165, 1.54) is 11.1 Å². The number of benzene rings is 1. The van der Waals surface area contributed by atoms with Crippen LogP contribution in [0.15, 0.2) is 22.7 Å². The number of hydrogen-bond donors (Lipinski definition) is 2. The molecule has 2 rings (SSSR count). The van der Waals surface area contributed by atoms with Crippen molar-refractivity contribution < 1.29 is 9.90 Å². The number of aryl methyl sites for hydroxylation is 1. The summed E-state index contributed by atoms with van der Waals surface area (Å²) in [6, 6.07) is 6.22. The van der Waals surface area contributed by atoms with E-state index in [0.29, 0.717) is 13.1 Å². The van der Waals surface area contributed by atoms with Crippen LogP contribution >= 0.6 is 15.9 Å². The molecule has 0 aromatic heterocycles. The average Bonchev–Trinajstić information content (AvgIpc) is 2.80. The first-order valence-corrected chi connectivity index (χ1v) is 7.89. The molecule has 20 heavy (non-hydrogen) atoms. The lowest BCUT2D eigenvalue weighted by Gasteiger charge is -2.24. The van der Waals surface area contributed by atoms with Crippen molar-refractivity contribution in [3.8, 4) is 0 Å². The number of carbonyl (C=O) groups excluding carboxylic acids is 1. The van der Waals surface area contributed by atoms with Crippen molar-refractivity contribution in [1.82, 2.24) is 10.2 Å². The Morgan fingerprint density at radius 1 is 1.50 bits per heavy atom. The third-order valence-corrected chi connectivity index (χ3v) is 4.12. The Balaban J connectivity index is 2.03. The second-order valence-electron chi connectivity index (χ2n) is 5.09. The van der Waals surface area contributed by atoms with Crippen LogP contribution in [0.1, 0.15) is 36.9 Å². The van der Waals surface area contributed by atoms with Gasteiger partial charge in [0.15, 0.2) is 0 Å². The summed E-state index contributed by atoms with van der Waals surface area (Å²) in [5.41, 5.74) is 2.51. The van der Waals surface area contributed by atoms with E-state index in [2.05, 4.69) is 33.4 Å². The molecular formula is C15H21BrN2O2. The summed E-state index contributed by atoms with van der Waals surface area (Å²) in [7, 11) is 0. The van der Waals surface area contributed by atoms with Gasteiger partial charge in [0.1, 0.15) is 0 Å². The van der Waals surface area contributed by atoms with Gasteiger partial charge in [-0.1, -0.05) is 28.9 Å². The zero-order valence-electron chi connectivity index (χ0n) is 11.7. The molecule has 0 spiro atoms. The summed E-state index contributed by atoms with van der Waals surface area (Å²) in [6.45, 7) is 3.09. The number of amides is 2. The first-order valence-electron chi connectivity index (χ1n) is 7.10. The summed E-state index contributed by atoms with van der Waals surface area (Å²) in [4.78, 5) is 13.9. The van der Waals surface area contributed by atoms with Gasteiger partial charge >= 0.3 is 6.03 Å². The highest BCUT2D eigenvalue weighted by Gasteiger charge is 2.25. The van der Waals surface area contributed by atoms with Gasteiger partial charge in [-0.25, -0.2) is 4.79 Å². The molecular weight excluding hydrogens is 320 g/mol. The molecule has 1 atom stereocenters. The van der Waals surface area contributed by atoms with E-state index in [9.17, 15) is 4.79 Å². The smallest absolute Gasteiger partial charge is 0.317 e. The van der Waals surface area contributed by atoms with Crippen molar-refractivity contribution in [2.75, 3.05) is 19.7 Å². The minimum Gasteiger partial charge on any atom is -0.395 e. The zero-order valence-corrected chi connectivity index (χ0v) is 13.3. The summed E-state index contributed by atoms with van der Waals surface area (Å²) in [5.74, 6) is 0. The first-order chi connectivity index (χ1) is 9.65. The van der Waals surface area contributed by atoms with Gasteiger partial charge in [-0.2, -0.15) is 0 Å². The molecule has 1 aliphatic rings. The molecule has 0 bridgehead atoms. The van der Waals surface area contributed by atoms with Crippen LogP contribution in [0.5, 0.6) is 0 Å². The van der Waals surface area contributed by atoms with Crippen LogP contribution in [-0.4, -0.2) is 35.7 Å². The quantitative estimate of drug-likeness (QED) is 0.865. The van der Waals surface area contributed by atoms with E-state index in [0.717, 1.165) is 23.7 Å². The molecule has 1 unspecified atom stereocenters. The van der Waals surface area contributed by atoms with Crippen molar-refractivity contribution >= 4 is 22.0 Å². The Labute approximate surface area is 128 Å². The number of aliphatic hydroxyl groups is 1. The van der Waals surface area contributed by atoms with Crippen LogP contribution in [0.3, 0.4) is 0 Å². The van der Waals surface area contributed by atoms with Crippen LogP contribution < -0.4 is 5.32 Å². The van der Waals surface area contributed by atoms with Gasteiger partial charge in [0.05, 0.1) is 12.6 Å². The molecule has 2 amide bonds. The molecule has 0 radical (unpaired) electrons. The summed E-state index contributed by atoms with van der Waals surface area (Å²) >= 11 is 3.48. The van der Waals surface area contributed by atoms with Crippen molar-refractivity contribution in [3.05, 3.63) is 33.8 Å². The number of nitrogens with one attached hydrogen (secondary N) is 1. The molecule has 0 saturated heterocycles. The molecule has 4 nitrogen and oxygen atoms in total. The first kappa shape index (κ1) is 15.3. The number of carbonyl (C=O) groups is 1. The van der Waals surface area contributed by atoms with Crippen molar-refractivity contribution in [3.63, 3.8) is 0 Å². The monoisotopic (exact) mass is 340 g/mol. The van der Waals surface area contributed by atoms with E-state index in [1.807, 2.05) is 13.0 Å². The van der Waals surface area contributed by atoms with Gasteiger partial charge in [0.2, 0.25) is 0 Å². The van der Waals surface area contributed by atoms with E-state index in [-0.39, 0.29) is 18.7 Å². The second-order valence-corrected chi connectivity index (χ2v) is 6.01. The molecule has 1 aliphatic carbocycles. The maximum Gasteiger partial charge on any atom is 0.317 e. The van der Waals surface area contributed by atoms with Gasteiger partial charge in [0, 0.05) is 17.6 Å². The average molecular weight is 341 g/mol. The topological polar surface area (TPSA) is 52.6 Å². The van der Waals surface area contributed by atoms with Crippen molar-refractivity contribution in [2.24, 2.45) is 0 Å².